The minimum atomic E-state index is -1.59. The molecule has 4 atom stereocenters. The summed E-state index contributed by atoms with van der Waals surface area (Å²) >= 11 is 0. The maximum absolute atomic E-state index is 6.18. The van der Waals surface area contributed by atoms with Gasteiger partial charge in [0.25, 0.3) is 0 Å². The monoisotopic (exact) mass is 459 g/mol. The normalized spacial score (nSPS) is 27.2. The van der Waals surface area contributed by atoms with Crippen LogP contribution in [-0.2, 0) is 21.7 Å². The van der Waals surface area contributed by atoms with Crippen molar-refractivity contribution in [2.24, 2.45) is 11.8 Å². The van der Waals surface area contributed by atoms with Gasteiger partial charge in [-0.15, -0.1) is 5.54 Å². The molecule has 1 saturated heterocycles. The topological polar surface area (TPSA) is 17.3 Å². The number of allylic oxidation sites excluding steroid dienone is 3. The van der Waals surface area contributed by atoms with E-state index >= 15 is 0 Å². The van der Waals surface area contributed by atoms with Crippen LogP contribution < -0.4 is 0 Å². The number of rotatable bonds is 3. The first kappa shape index (κ1) is 29.5. The molecule has 3 aliphatic rings. The summed E-state index contributed by atoms with van der Waals surface area (Å²) < 4.78 is 0. The van der Waals surface area contributed by atoms with Gasteiger partial charge in [0, 0.05) is 7.47 Å². The Bertz CT molecular complexity index is 658. The number of fused-ring (bicyclic) bond motifs is 1. The maximum atomic E-state index is 6.18. The zero-order valence-electron chi connectivity index (χ0n) is 20.3. The largest absolute Gasteiger partial charge is 3.00 e. The maximum Gasteiger partial charge on any atom is 3.00 e. The summed E-state index contributed by atoms with van der Waals surface area (Å²) in [6, 6.07) is 0.764. The Hall–Kier alpha value is -0.549. The molecule has 0 amide bonds. The van der Waals surface area contributed by atoms with Crippen LogP contribution in [0.25, 0.3) is 4.98 Å². The zero-order chi connectivity index (χ0) is 22.1. The van der Waals surface area contributed by atoms with Gasteiger partial charge in [0.1, 0.15) is 0 Å². The van der Waals surface area contributed by atoms with Crippen molar-refractivity contribution < 1.29 is 23.1 Å². The van der Waals surface area contributed by atoms with E-state index < -0.39 is 8.24 Å². The van der Waals surface area contributed by atoms with E-state index in [4.69, 9.17) is 11.4 Å². The van der Waals surface area contributed by atoms with Crippen LogP contribution >= 0.6 is 0 Å². The van der Waals surface area contributed by atoms with Crippen LogP contribution in [0.5, 0.6) is 0 Å². The molecule has 0 aromatic carbocycles. The van der Waals surface area contributed by atoms with Crippen LogP contribution in [0.3, 0.4) is 0 Å². The van der Waals surface area contributed by atoms with Crippen molar-refractivity contribution in [3.05, 3.63) is 42.6 Å². The summed E-state index contributed by atoms with van der Waals surface area (Å²) in [6.07, 6.45) is 19.9. The Morgan fingerprint density at radius 3 is 2.07 bits per heavy atom. The van der Waals surface area contributed by atoms with Crippen molar-refractivity contribution in [1.82, 2.24) is 4.90 Å². The molecule has 1 heterocycles. The van der Waals surface area contributed by atoms with Crippen LogP contribution in [0.2, 0.25) is 18.6 Å². The van der Waals surface area contributed by atoms with Gasteiger partial charge in [-0.2, -0.15) is 6.92 Å². The Labute approximate surface area is 205 Å². The molecule has 0 bridgehead atoms. The standard InChI is InChI=1S/C19H33N2Si.C5H3.C2H5.Ti.H2/c1-19(2,3)20-22(4,5)18-14-17(21-12-8-9-13-21)15-10-6-7-11-16(15)18;1-3-5-4-2;1-2;;/h6-7,10-11,15-18H,8-9,12-14H2,1-5H3;1H3;1H2,2H3;;1H/q3*-1;+3;. The smallest absolute Gasteiger partial charge is 0.660 e. The summed E-state index contributed by atoms with van der Waals surface area (Å²) in [5.74, 6) is 8.11. The van der Waals surface area contributed by atoms with Crippen LogP contribution in [0.1, 0.15) is 55.3 Å². The Balaban J connectivity index is 0. The van der Waals surface area contributed by atoms with Crippen LogP contribution in [0.15, 0.2) is 24.3 Å². The minimum absolute atomic E-state index is 0. The molecule has 30 heavy (non-hydrogen) atoms. The summed E-state index contributed by atoms with van der Waals surface area (Å²) in [5.41, 5.74) is 0.897. The summed E-state index contributed by atoms with van der Waals surface area (Å²) in [6.45, 7) is 21.1. The first-order valence-electron chi connectivity index (χ1n) is 11.1. The second-order valence-electron chi connectivity index (χ2n) is 9.51. The second kappa shape index (κ2) is 13.8. The minimum Gasteiger partial charge on any atom is -0.660 e. The van der Waals surface area contributed by atoms with Gasteiger partial charge in [0.05, 0.1) is 0 Å². The number of nitrogens with zero attached hydrogens (tertiary/aromatic N) is 2. The van der Waals surface area contributed by atoms with Crippen molar-refractivity contribution in [2.45, 2.75) is 84.1 Å². The molecule has 1 radical (unpaired) electrons. The molecule has 3 rings (SSSR count). The average Bonchev–Trinajstić information content (AvgIpc) is 3.30. The molecule has 1 aliphatic heterocycles. The SMILES string of the molecule is CC(C)(C)[N-][Si](C)(C)C1CC(N2CCCC2)C2C=CC=CC21.[C-]#CC#CC.[CH2-]C.[HH].[Ti+3]. The molecule has 0 N–H and O–H groups in total. The molecular formula is C26H43N2SiTi. The van der Waals surface area contributed by atoms with Crippen molar-refractivity contribution >= 4 is 8.24 Å². The van der Waals surface area contributed by atoms with Crippen molar-refractivity contribution in [1.29, 1.82) is 0 Å². The van der Waals surface area contributed by atoms with Crippen molar-refractivity contribution in [3.8, 4) is 17.8 Å². The Kier molecular flexibility index (Phi) is 13.5. The Morgan fingerprint density at radius 1 is 1.10 bits per heavy atom. The van der Waals surface area contributed by atoms with Crippen molar-refractivity contribution in [3.63, 3.8) is 0 Å². The average molecular weight is 460 g/mol. The van der Waals surface area contributed by atoms with Gasteiger partial charge in [-0.25, -0.2) is 5.92 Å². The fourth-order valence-corrected chi connectivity index (χ4v) is 9.23. The molecule has 4 heteroatoms. The molecule has 2 aliphatic carbocycles. The fourth-order valence-electron chi connectivity index (χ4n) is 5.24. The van der Waals surface area contributed by atoms with E-state index in [1.54, 1.807) is 13.8 Å². The third-order valence-corrected chi connectivity index (χ3v) is 9.64. The molecule has 0 aromatic rings. The first-order valence-corrected chi connectivity index (χ1v) is 14.1. The van der Waals surface area contributed by atoms with Gasteiger partial charge in [-0.3, -0.25) is 16.7 Å². The molecule has 2 nitrogen and oxygen atoms in total. The summed E-state index contributed by atoms with van der Waals surface area (Å²) in [4.78, 5) is 8.12. The molecule has 0 aromatic heterocycles. The third kappa shape index (κ3) is 8.53. The van der Waals surface area contributed by atoms with E-state index in [0.717, 1.165) is 23.4 Å². The summed E-state index contributed by atoms with van der Waals surface area (Å²) in [5, 5.41) is 0. The van der Waals surface area contributed by atoms with E-state index in [9.17, 15) is 0 Å². The fraction of sp³-hybridized carbons (Fsp3) is 0.654. The van der Waals surface area contributed by atoms with E-state index in [-0.39, 0.29) is 28.7 Å². The Morgan fingerprint density at radius 2 is 1.63 bits per heavy atom. The van der Waals surface area contributed by atoms with E-state index in [2.05, 4.69) is 81.8 Å². The third-order valence-electron chi connectivity index (χ3n) is 5.95. The van der Waals surface area contributed by atoms with Gasteiger partial charge in [0.15, 0.2) is 0 Å². The van der Waals surface area contributed by atoms with Gasteiger partial charge >= 0.3 is 21.7 Å². The molecule has 2 fully saturated rings. The first-order chi connectivity index (χ1) is 13.7. The van der Waals surface area contributed by atoms with Crippen LogP contribution in [0.4, 0.5) is 0 Å². The predicted molar refractivity (Wildman–Crippen MR) is 133 cm³/mol. The number of hydrogen-bond acceptors (Lipinski definition) is 1. The molecular weight excluding hydrogens is 416 g/mol. The second-order valence-corrected chi connectivity index (χ2v) is 13.8. The predicted octanol–water partition coefficient (Wildman–Crippen LogP) is 6.64. The van der Waals surface area contributed by atoms with E-state index in [1.165, 1.54) is 32.4 Å². The van der Waals surface area contributed by atoms with E-state index in [1.807, 2.05) is 5.92 Å². The molecule has 1 saturated carbocycles. The number of likely N-dealkylation sites (tertiary alicyclic amines) is 1. The van der Waals surface area contributed by atoms with Crippen LogP contribution in [-0.4, -0.2) is 37.8 Å². The van der Waals surface area contributed by atoms with E-state index in [0.29, 0.717) is 0 Å². The van der Waals surface area contributed by atoms with Gasteiger partial charge in [-0.05, 0) is 51.1 Å². The molecule has 0 spiro atoms. The quantitative estimate of drug-likeness (QED) is 0.263. The zero-order valence-corrected chi connectivity index (χ0v) is 22.8. The molecule has 165 valence electrons. The summed E-state index contributed by atoms with van der Waals surface area (Å²) in [7, 11) is -1.59. The number of hydrogen-bond donors (Lipinski definition) is 0. The molecule has 4 unspecified atom stereocenters. The van der Waals surface area contributed by atoms with Gasteiger partial charge < -0.3 is 18.3 Å². The van der Waals surface area contributed by atoms with Crippen LogP contribution in [0, 0.1) is 42.9 Å². The van der Waals surface area contributed by atoms with Gasteiger partial charge in [0.2, 0.25) is 0 Å². The van der Waals surface area contributed by atoms with Crippen molar-refractivity contribution in [2.75, 3.05) is 13.1 Å². The van der Waals surface area contributed by atoms with Gasteiger partial charge in [-0.1, -0.05) is 71.9 Å².